The highest BCUT2D eigenvalue weighted by molar-refractivity contribution is 7.98. The van der Waals surface area contributed by atoms with E-state index in [9.17, 15) is 0 Å². The second-order valence-corrected chi connectivity index (χ2v) is 3.95. The molecule has 0 saturated carbocycles. The lowest BCUT2D eigenvalue weighted by atomic mass is 10.6. The maximum atomic E-state index is 8.49. The molecule has 0 bridgehead atoms. The molecule has 0 aliphatic heterocycles. The highest BCUT2D eigenvalue weighted by atomic mass is 32.2. The monoisotopic (exact) mass is 190 g/mol. The predicted molar refractivity (Wildman–Crippen MR) is 49.8 cm³/mol. The number of aliphatic hydroxyl groups excluding tert-OH is 1. The molecule has 5 heteroatoms. The molecule has 3 N–H and O–H groups in total. The molecule has 0 aliphatic rings. The number of hydrogen-bond donors (Lipinski definition) is 2. The van der Waals surface area contributed by atoms with Crippen LogP contribution < -0.4 is 5.73 Å². The van der Waals surface area contributed by atoms with Crippen LogP contribution in [0.1, 0.15) is 5.69 Å². The summed E-state index contributed by atoms with van der Waals surface area (Å²) >= 11 is 3.11. The van der Waals surface area contributed by atoms with Crippen molar-refractivity contribution in [2.75, 3.05) is 18.1 Å². The zero-order valence-electron chi connectivity index (χ0n) is 5.99. The molecule has 0 amide bonds. The normalized spacial score (nSPS) is 10.3. The van der Waals surface area contributed by atoms with Gasteiger partial charge in [0.05, 0.1) is 12.3 Å². The SMILES string of the molecule is Nc1nc(CSCCO)cs1. The van der Waals surface area contributed by atoms with Crippen molar-refractivity contribution in [3.05, 3.63) is 11.1 Å². The smallest absolute Gasteiger partial charge is 0.180 e. The van der Waals surface area contributed by atoms with Crippen molar-refractivity contribution in [2.24, 2.45) is 0 Å². The molecule has 0 aromatic carbocycles. The van der Waals surface area contributed by atoms with Crippen LogP contribution in [0.5, 0.6) is 0 Å². The summed E-state index contributed by atoms with van der Waals surface area (Å²) < 4.78 is 0. The van der Waals surface area contributed by atoms with E-state index in [4.69, 9.17) is 10.8 Å². The Hall–Kier alpha value is -0.260. The van der Waals surface area contributed by atoms with Crippen molar-refractivity contribution >= 4 is 28.2 Å². The van der Waals surface area contributed by atoms with E-state index in [1.807, 2.05) is 5.38 Å². The molecule has 62 valence electrons. The van der Waals surface area contributed by atoms with Gasteiger partial charge in [-0.05, 0) is 0 Å². The Kier molecular flexibility index (Phi) is 3.68. The second-order valence-electron chi connectivity index (χ2n) is 1.95. The van der Waals surface area contributed by atoms with Crippen LogP contribution in [0.3, 0.4) is 0 Å². The van der Waals surface area contributed by atoms with Crippen molar-refractivity contribution in [3.8, 4) is 0 Å². The molecule has 0 aliphatic carbocycles. The van der Waals surface area contributed by atoms with Gasteiger partial charge in [-0.3, -0.25) is 0 Å². The molecule has 0 saturated heterocycles. The number of nitrogens with two attached hydrogens (primary N) is 1. The van der Waals surface area contributed by atoms with Gasteiger partial charge in [0, 0.05) is 16.9 Å². The number of thiazole rings is 1. The van der Waals surface area contributed by atoms with E-state index in [0.29, 0.717) is 5.13 Å². The zero-order valence-corrected chi connectivity index (χ0v) is 7.62. The summed E-state index contributed by atoms with van der Waals surface area (Å²) in [5, 5.41) is 11.0. The minimum atomic E-state index is 0.226. The average molecular weight is 190 g/mol. The summed E-state index contributed by atoms with van der Waals surface area (Å²) in [4.78, 5) is 4.08. The largest absolute Gasteiger partial charge is 0.396 e. The molecule has 1 rings (SSSR count). The highest BCUT2D eigenvalue weighted by Crippen LogP contribution is 2.16. The van der Waals surface area contributed by atoms with Crippen molar-refractivity contribution in [1.82, 2.24) is 4.98 Å². The standard InChI is InChI=1S/C6H10N2OS2/c7-6-8-5(4-11-6)3-10-2-1-9/h4,9H,1-3H2,(H2,7,8). The first-order chi connectivity index (χ1) is 5.33. The van der Waals surface area contributed by atoms with Crippen LogP contribution in [-0.2, 0) is 5.75 Å². The molecular weight excluding hydrogens is 180 g/mol. The minimum Gasteiger partial charge on any atom is -0.396 e. The second kappa shape index (κ2) is 4.58. The van der Waals surface area contributed by atoms with Crippen LogP contribution in [0.4, 0.5) is 5.13 Å². The van der Waals surface area contributed by atoms with Gasteiger partial charge in [0.1, 0.15) is 0 Å². The highest BCUT2D eigenvalue weighted by Gasteiger charge is 1.97. The third-order valence-electron chi connectivity index (χ3n) is 1.06. The molecule has 11 heavy (non-hydrogen) atoms. The van der Waals surface area contributed by atoms with Crippen molar-refractivity contribution in [3.63, 3.8) is 0 Å². The van der Waals surface area contributed by atoms with Crippen molar-refractivity contribution < 1.29 is 5.11 Å². The Morgan fingerprint density at radius 2 is 2.55 bits per heavy atom. The lowest BCUT2D eigenvalue weighted by molar-refractivity contribution is 0.322. The van der Waals surface area contributed by atoms with Gasteiger partial charge in [0.2, 0.25) is 0 Å². The maximum Gasteiger partial charge on any atom is 0.180 e. The Morgan fingerprint density at radius 1 is 1.73 bits per heavy atom. The quantitative estimate of drug-likeness (QED) is 0.694. The minimum absolute atomic E-state index is 0.226. The van der Waals surface area contributed by atoms with E-state index in [1.54, 1.807) is 11.8 Å². The molecule has 0 unspecified atom stereocenters. The lowest BCUT2D eigenvalue weighted by Crippen LogP contribution is -1.89. The molecule has 0 fully saturated rings. The fourth-order valence-electron chi connectivity index (χ4n) is 0.630. The number of anilines is 1. The van der Waals surface area contributed by atoms with Crippen LogP contribution >= 0.6 is 23.1 Å². The van der Waals surface area contributed by atoms with Crippen LogP contribution in [0.2, 0.25) is 0 Å². The van der Waals surface area contributed by atoms with E-state index in [0.717, 1.165) is 17.2 Å². The van der Waals surface area contributed by atoms with Gasteiger partial charge in [-0.1, -0.05) is 0 Å². The summed E-state index contributed by atoms with van der Waals surface area (Å²) in [5.74, 6) is 1.60. The predicted octanol–water partition coefficient (Wildman–Crippen LogP) is 0.951. The first-order valence-electron chi connectivity index (χ1n) is 3.21. The number of aliphatic hydroxyl groups is 1. The Labute approximate surface area is 73.6 Å². The van der Waals surface area contributed by atoms with Crippen LogP contribution in [0, 0.1) is 0 Å². The van der Waals surface area contributed by atoms with Gasteiger partial charge in [-0.15, -0.1) is 11.3 Å². The van der Waals surface area contributed by atoms with E-state index < -0.39 is 0 Å². The number of hydrogen-bond acceptors (Lipinski definition) is 5. The van der Waals surface area contributed by atoms with Crippen LogP contribution in [0.15, 0.2) is 5.38 Å². The molecule has 0 radical (unpaired) electrons. The van der Waals surface area contributed by atoms with E-state index in [-0.39, 0.29) is 6.61 Å². The zero-order chi connectivity index (χ0) is 8.10. The topological polar surface area (TPSA) is 59.1 Å². The lowest BCUT2D eigenvalue weighted by Gasteiger charge is -1.93. The summed E-state index contributed by atoms with van der Waals surface area (Å²) in [6, 6.07) is 0. The first-order valence-corrected chi connectivity index (χ1v) is 5.25. The molecule has 1 heterocycles. The van der Waals surface area contributed by atoms with E-state index >= 15 is 0 Å². The molecule has 1 aromatic rings. The van der Waals surface area contributed by atoms with Gasteiger partial charge in [-0.25, -0.2) is 4.98 Å². The maximum absolute atomic E-state index is 8.49. The van der Waals surface area contributed by atoms with Crippen LogP contribution in [0.25, 0.3) is 0 Å². The number of aromatic nitrogens is 1. The summed E-state index contributed by atoms with van der Waals surface area (Å²) in [5.41, 5.74) is 6.44. The van der Waals surface area contributed by atoms with E-state index in [2.05, 4.69) is 4.98 Å². The van der Waals surface area contributed by atoms with Crippen molar-refractivity contribution in [2.45, 2.75) is 5.75 Å². The van der Waals surface area contributed by atoms with Gasteiger partial charge in [0.15, 0.2) is 5.13 Å². The molecule has 0 spiro atoms. The molecule has 0 atom stereocenters. The van der Waals surface area contributed by atoms with Crippen LogP contribution in [-0.4, -0.2) is 22.5 Å². The van der Waals surface area contributed by atoms with Crippen molar-refractivity contribution in [1.29, 1.82) is 0 Å². The summed E-state index contributed by atoms with van der Waals surface area (Å²) in [6.07, 6.45) is 0. The Morgan fingerprint density at radius 3 is 3.09 bits per heavy atom. The first kappa shape index (κ1) is 8.83. The fourth-order valence-corrected chi connectivity index (χ4v) is 1.93. The number of nitrogen functional groups attached to an aromatic ring is 1. The number of rotatable bonds is 4. The Bertz CT molecular complexity index is 214. The van der Waals surface area contributed by atoms with Gasteiger partial charge >= 0.3 is 0 Å². The summed E-state index contributed by atoms with van der Waals surface area (Å²) in [7, 11) is 0. The summed E-state index contributed by atoms with van der Waals surface area (Å²) in [6.45, 7) is 0.226. The molecule has 1 aromatic heterocycles. The molecular formula is C6H10N2OS2. The van der Waals surface area contributed by atoms with Gasteiger partial charge < -0.3 is 10.8 Å². The number of thioether (sulfide) groups is 1. The van der Waals surface area contributed by atoms with Gasteiger partial charge in [-0.2, -0.15) is 11.8 Å². The third kappa shape index (κ3) is 3.09. The van der Waals surface area contributed by atoms with E-state index in [1.165, 1.54) is 11.3 Å². The Balaban J connectivity index is 2.27. The van der Waals surface area contributed by atoms with Gasteiger partial charge in [0.25, 0.3) is 0 Å². The fraction of sp³-hybridized carbons (Fsp3) is 0.500. The number of nitrogens with zero attached hydrogens (tertiary/aromatic N) is 1. The molecule has 3 nitrogen and oxygen atoms in total. The average Bonchev–Trinajstić information content (AvgIpc) is 2.37. The third-order valence-corrected chi connectivity index (χ3v) is 2.75.